The summed E-state index contributed by atoms with van der Waals surface area (Å²) >= 11 is 0. The third-order valence-corrected chi connectivity index (χ3v) is 6.22. The first-order chi connectivity index (χ1) is 16.6. The summed E-state index contributed by atoms with van der Waals surface area (Å²) in [5.41, 5.74) is 7.89. The van der Waals surface area contributed by atoms with Gasteiger partial charge in [-0.2, -0.15) is 5.10 Å². The van der Waals surface area contributed by atoms with Crippen LogP contribution < -0.4 is 16.0 Å². The van der Waals surface area contributed by atoms with Gasteiger partial charge in [0.2, 0.25) is 11.9 Å². The minimum Gasteiger partial charge on any atom is -0.385 e. The van der Waals surface area contributed by atoms with Crippen molar-refractivity contribution in [1.29, 1.82) is 0 Å². The number of methoxy groups -OCH3 is 1. The van der Waals surface area contributed by atoms with Crippen molar-refractivity contribution in [2.45, 2.75) is 47.2 Å². The number of halogens is 1. The van der Waals surface area contributed by atoms with Gasteiger partial charge in [0.15, 0.2) is 11.5 Å². The molecule has 0 fully saturated rings. The minimum absolute atomic E-state index is 0.142. The molecule has 0 bridgehead atoms. The Balaban J connectivity index is 1.85. The highest BCUT2D eigenvalue weighted by molar-refractivity contribution is 6.05. The van der Waals surface area contributed by atoms with Crippen LogP contribution in [0.15, 0.2) is 12.1 Å². The first kappa shape index (κ1) is 24.6. The lowest BCUT2D eigenvalue weighted by Crippen LogP contribution is -2.36. The molecule has 3 N–H and O–H groups in total. The second-order valence-corrected chi connectivity index (χ2v) is 9.70. The number of carbonyl (C=O) groups excluding carboxylic acids is 2. The monoisotopic (exact) mass is 485 g/mol. The Kier molecular flexibility index (Phi) is 6.54. The van der Waals surface area contributed by atoms with Crippen LogP contribution in [0.2, 0.25) is 0 Å². The zero-order valence-corrected chi connectivity index (χ0v) is 20.8. The lowest BCUT2D eigenvalue weighted by Gasteiger charge is -2.32. The van der Waals surface area contributed by atoms with Crippen molar-refractivity contribution in [3.8, 4) is 0 Å². The number of amides is 2. The van der Waals surface area contributed by atoms with Crippen molar-refractivity contribution >= 4 is 34.5 Å². The van der Waals surface area contributed by atoms with Crippen molar-refractivity contribution in [2.24, 2.45) is 11.1 Å². The zero-order chi connectivity index (χ0) is 25.5. The van der Waals surface area contributed by atoms with E-state index in [1.165, 1.54) is 11.6 Å². The summed E-state index contributed by atoms with van der Waals surface area (Å²) in [7, 11) is 1.66. The number of imidazole rings is 1. The summed E-state index contributed by atoms with van der Waals surface area (Å²) in [4.78, 5) is 32.1. The second-order valence-electron chi connectivity index (χ2n) is 9.70. The largest absolute Gasteiger partial charge is 0.385 e. The Labute approximate surface area is 203 Å². The van der Waals surface area contributed by atoms with E-state index in [0.717, 1.165) is 17.6 Å². The fourth-order valence-corrected chi connectivity index (χ4v) is 4.72. The van der Waals surface area contributed by atoms with E-state index in [2.05, 4.69) is 34.1 Å². The van der Waals surface area contributed by atoms with Crippen LogP contribution in [-0.4, -0.2) is 58.0 Å². The fraction of sp³-hybridized carbons (Fsp3) is 0.500. The molecular formula is C24H32FN7O3. The van der Waals surface area contributed by atoms with Crippen molar-refractivity contribution in [3.63, 3.8) is 0 Å². The van der Waals surface area contributed by atoms with E-state index >= 15 is 0 Å². The first-order valence-electron chi connectivity index (χ1n) is 11.7. The molecule has 10 nitrogen and oxygen atoms in total. The number of hydrogen-bond donors (Lipinski definition) is 2. The average Bonchev–Trinajstić information content (AvgIpc) is 3.23. The molecule has 1 aromatic carbocycles. The molecule has 0 saturated heterocycles. The number of nitrogens with two attached hydrogens (primary N) is 1. The summed E-state index contributed by atoms with van der Waals surface area (Å²) in [5.74, 6) is -1.57. The number of primary amides is 1. The quantitative estimate of drug-likeness (QED) is 0.474. The Morgan fingerprint density at radius 1 is 1.29 bits per heavy atom. The number of nitrogens with one attached hydrogen (secondary N) is 1. The van der Waals surface area contributed by atoms with Gasteiger partial charge in [0.25, 0.3) is 5.91 Å². The minimum atomic E-state index is -0.655. The number of aromatic nitrogens is 4. The molecule has 188 valence electrons. The van der Waals surface area contributed by atoms with Crippen LogP contribution in [0.4, 0.5) is 16.0 Å². The lowest BCUT2D eigenvalue weighted by molar-refractivity contribution is 0.0994. The molecule has 3 heterocycles. The van der Waals surface area contributed by atoms with E-state index in [4.69, 9.17) is 10.5 Å². The molecule has 0 radical (unpaired) electrons. The number of benzene rings is 1. The Morgan fingerprint density at radius 2 is 2.03 bits per heavy atom. The predicted octanol–water partition coefficient (Wildman–Crippen LogP) is 2.93. The predicted molar refractivity (Wildman–Crippen MR) is 131 cm³/mol. The Hall–Kier alpha value is -3.47. The highest BCUT2D eigenvalue weighted by atomic mass is 19.1. The van der Waals surface area contributed by atoms with Crippen LogP contribution in [0.5, 0.6) is 0 Å². The number of anilines is 2. The second kappa shape index (κ2) is 9.29. The summed E-state index contributed by atoms with van der Waals surface area (Å²) in [6, 6.07) is 3.40. The van der Waals surface area contributed by atoms with Gasteiger partial charge in [-0.05, 0) is 32.4 Å². The summed E-state index contributed by atoms with van der Waals surface area (Å²) < 4.78 is 23.2. The number of hydrogen-bond acceptors (Lipinski definition) is 6. The van der Waals surface area contributed by atoms with E-state index in [-0.39, 0.29) is 22.8 Å². The SMILES string of the molecule is CCn1nc(C)c(F)c1C(=O)Nc1nc2cc(C(N)=O)cc3c2n1CC(C)(C)CN3CCCOC. The molecule has 1 aliphatic rings. The number of nitrogens with zero attached hydrogens (tertiary/aromatic N) is 5. The summed E-state index contributed by atoms with van der Waals surface area (Å²) in [5, 5.41) is 6.90. The van der Waals surface area contributed by atoms with E-state index in [9.17, 15) is 14.0 Å². The maximum absolute atomic E-state index is 14.7. The van der Waals surface area contributed by atoms with E-state index in [0.29, 0.717) is 43.9 Å². The first-order valence-corrected chi connectivity index (χ1v) is 11.7. The topological polar surface area (TPSA) is 120 Å². The molecule has 0 aliphatic carbocycles. The molecule has 0 unspecified atom stereocenters. The van der Waals surface area contributed by atoms with Crippen molar-refractivity contribution < 1.29 is 18.7 Å². The van der Waals surface area contributed by atoms with Crippen LogP contribution in [0.3, 0.4) is 0 Å². The molecule has 0 atom stereocenters. The van der Waals surface area contributed by atoms with Crippen LogP contribution >= 0.6 is 0 Å². The molecule has 0 spiro atoms. The maximum atomic E-state index is 14.7. The van der Waals surface area contributed by atoms with Crippen molar-refractivity contribution in [2.75, 3.05) is 37.0 Å². The molecule has 0 saturated carbocycles. The molecule has 35 heavy (non-hydrogen) atoms. The van der Waals surface area contributed by atoms with E-state index in [1.807, 2.05) is 4.57 Å². The van der Waals surface area contributed by atoms with Crippen LogP contribution in [0.1, 0.15) is 53.7 Å². The Bertz CT molecular complexity index is 1290. The van der Waals surface area contributed by atoms with Gasteiger partial charge in [0.05, 0.1) is 22.4 Å². The van der Waals surface area contributed by atoms with Gasteiger partial charge in [-0.15, -0.1) is 0 Å². The number of rotatable bonds is 8. The van der Waals surface area contributed by atoms with Gasteiger partial charge >= 0.3 is 0 Å². The van der Waals surface area contributed by atoms with Gasteiger partial charge in [-0.25, -0.2) is 9.37 Å². The fourth-order valence-electron chi connectivity index (χ4n) is 4.72. The van der Waals surface area contributed by atoms with Crippen LogP contribution in [0, 0.1) is 18.2 Å². The van der Waals surface area contributed by atoms with Gasteiger partial charge in [0.1, 0.15) is 0 Å². The van der Waals surface area contributed by atoms with Crippen LogP contribution in [-0.2, 0) is 17.8 Å². The molecule has 2 amide bonds. The van der Waals surface area contributed by atoms with Gasteiger partial charge in [-0.3, -0.25) is 19.6 Å². The van der Waals surface area contributed by atoms with E-state index in [1.54, 1.807) is 26.2 Å². The van der Waals surface area contributed by atoms with Crippen molar-refractivity contribution in [3.05, 3.63) is 34.9 Å². The third kappa shape index (κ3) is 4.60. The summed E-state index contributed by atoms with van der Waals surface area (Å²) in [6.07, 6.45) is 0.798. The van der Waals surface area contributed by atoms with Crippen LogP contribution in [0.25, 0.3) is 11.0 Å². The van der Waals surface area contributed by atoms with Crippen molar-refractivity contribution in [1.82, 2.24) is 19.3 Å². The lowest BCUT2D eigenvalue weighted by atomic mass is 9.92. The average molecular weight is 486 g/mol. The molecule has 4 rings (SSSR count). The van der Waals surface area contributed by atoms with Gasteiger partial charge in [0, 0.05) is 50.9 Å². The maximum Gasteiger partial charge on any atom is 0.279 e. The molecule has 2 aromatic heterocycles. The highest BCUT2D eigenvalue weighted by Crippen LogP contribution is 2.38. The Morgan fingerprint density at radius 3 is 2.69 bits per heavy atom. The smallest absolute Gasteiger partial charge is 0.279 e. The zero-order valence-electron chi connectivity index (χ0n) is 20.8. The third-order valence-electron chi connectivity index (χ3n) is 6.22. The highest BCUT2D eigenvalue weighted by Gasteiger charge is 2.33. The molecule has 11 heteroatoms. The number of ether oxygens (including phenoxy) is 1. The standard InChI is InChI=1S/C24H32FN7O3/c1-6-32-20(18(25)14(2)29-32)22(34)28-23-27-16-10-15(21(26)33)11-17-19(16)31(23)13-24(3,4)12-30(17)8-7-9-35-5/h10-11H,6-9,12-13H2,1-5H3,(H2,26,33)(H,27,28,34). The number of aryl methyl sites for hydroxylation is 2. The summed E-state index contributed by atoms with van der Waals surface area (Å²) in [6.45, 7) is 10.5. The van der Waals surface area contributed by atoms with Gasteiger partial charge < -0.3 is 19.9 Å². The van der Waals surface area contributed by atoms with Gasteiger partial charge in [-0.1, -0.05) is 13.8 Å². The normalized spacial score (nSPS) is 14.9. The molecular weight excluding hydrogens is 453 g/mol. The molecule has 3 aromatic rings. The molecule has 1 aliphatic heterocycles. The number of carbonyl (C=O) groups is 2. The van der Waals surface area contributed by atoms with E-state index < -0.39 is 17.6 Å².